The largest absolute Gasteiger partial charge is 0.465 e. The second-order valence-electron chi connectivity index (χ2n) is 5.43. The first kappa shape index (κ1) is 15.0. The van der Waals surface area contributed by atoms with Crippen molar-refractivity contribution in [3.63, 3.8) is 0 Å². The van der Waals surface area contributed by atoms with Gasteiger partial charge in [-0.1, -0.05) is 32.9 Å². The third-order valence-corrected chi connectivity index (χ3v) is 2.89. The van der Waals surface area contributed by atoms with E-state index in [0.717, 1.165) is 11.1 Å². The normalized spacial score (nSPS) is 12.4. The molecule has 19 heavy (non-hydrogen) atoms. The van der Waals surface area contributed by atoms with Crippen LogP contribution in [0.5, 0.6) is 0 Å². The molecule has 0 fully saturated rings. The maximum atomic E-state index is 11.4. The van der Waals surface area contributed by atoms with Crippen LogP contribution in [-0.4, -0.2) is 13.1 Å². The molecule has 1 aromatic rings. The molecular weight excluding hydrogens is 238 g/mol. The zero-order chi connectivity index (χ0) is 14.6. The Labute approximate surface area is 114 Å². The summed E-state index contributed by atoms with van der Waals surface area (Å²) < 4.78 is 4.67. The minimum atomic E-state index is -0.357. The Morgan fingerprint density at radius 2 is 1.63 bits per heavy atom. The Morgan fingerprint density at radius 3 is 2.00 bits per heavy atom. The van der Waals surface area contributed by atoms with Crippen molar-refractivity contribution >= 4 is 11.5 Å². The minimum Gasteiger partial charge on any atom is -0.465 e. The summed E-state index contributed by atoms with van der Waals surface area (Å²) in [5.74, 6) is -0.357. The van der Waals surface area contributed by atoms with Crippen LogP contribution in [0.25, 0.3) is 5.57 Å². The molecule has 0 radical (unpaired) electrons. The molecule has 100 valence electrons. The molecule has 0 spiro atoms. The van der Waals surface area contributed by atoms with E-state index in [2.05, 4.69) is 31.6 Å². The van der Waals surface area contributed by atoms with Gasteiger partial charge in [0.2, 0.25) is 0 Å². The number of nitrogens with zero attached hydrogens (tertiary/aromatic N) is 1. The number of allylic oxidation sites excluding steroid dienone is 2. The Bertz CT molecular complexity index is 540. The lowest BCUT2D eigenvalue weighted by Crippen LogP contribution is -2.10. The fourth-order valence-corrected chi connectivity index (χ4v) is 2.16. The number of esters is 1. The summed E-state index contributed by atoms with van der Waals surface area (Å²) in [5, 5.41) is 9.13. The number of carbonyl (C=O) groups excluding carboxylic acids is 1. The number of nitriles is 1. The van der Waals surface area contributed by atoms with E-state index in [4.69, 9.17) is 5.26 Å². The monoisotopic (exact) mass is 257 g/mol. The van der Waals surface area contributed by atoms with Crippen LogP contribution in [0.1, 0.15) is 43.6 Å². The predicted molar refractivity (Wildman–Crippen MR) is 75.4 cm³/mol. The summed E-state index contributed by atoms with van der Waals surface area (Å²) in [6, 6.07) is 9.36. The first-order valence-corrected chi connectivity index (χ1v) is 6.11. The van der Waals surface area contributed by atoms with Crippen LogP contribution in [-0.2, 0) is 4.74 Å². The highest BCUT2D eigenvalue weighted by Crippen LogP contribution is 2.36. The Balaban J connectivity index is 3.29. The summed E-state index contributed by atoms with van der Waals surface area (Å²) in [6.45, 7) is 8.01. The van der Waals surface area contributed by atoms with E-state index in [1.165, 1.54) is 7.11 Å². The molecule has 0 unspecified atom stereocenters. The van der Waals surface area contributed by atoms with Gasteiger partial charge < -0.3 is 4.74 Å². The van der Waals surface area contributed by atoms with Crippen LogP contribution in [0.2, 0.25) is 0 Å². The second kappa shape index (κ2) is 5.71. The highest BCUT2D eigenvalue weighted by atomic mass is 16.5. The molecule has 1 aromatic carbocycles. The number of methoxy groups -OCH3 is 1. The Kier molecular flexibility index (Phi) is 4.50. The summed E-state index contributed by atoms with van der Waals surface area (Å²) in [5.41, 5.74) is 3.02. The van der Waals surface area contributed by atoms with E-state index in [0.29, 0.717) is 11.1 Å². The molecule has 3 nitrogen and oxygen atoms in total. The number of hydrogen-bond donors (Lipinski definition) is 0. The maximum Gasteiger partial charge on any atom is 0.337 e. The molecule has 0 saturated heterocycles. The zero-order valence-corrected chi connectivity index (χ0v) is 12.1. The van der Waals surface area contributed by atoms with Crippen LogP contribution < -0.4 is 0 Å². The third-order valence-electron chi connectivity index (χ3n) is 2.89. The molecule has 0 heterocycles. The van der Waals surface area contributed by atoms with Crippen molar-refractivity contribution < 1.29 is 9.53 Å². The summed E-state index contributed by atoms with van der Waals surface area (Å²) in [6.07, 6.45) is 0. The van der Waals surface area contributed by atoms with Crippen LogP contribution in [0.4, 0.5) is 0 Å². The minimum absolute atomic E-state index is 0.132. The van der Waals surface area contributed by atoms with E-state index in [-0.39, 0.29) is 11.4 Å². The molecule has 0 saturated carbocycles. The fraction of sp³-hybridized carbons (Fsp3) is 0.375. The molecule has 0 amide bonds. The Morgan fingerprint density at radius 1 is 1.16 bits per heavy atom. The highest BCUT2D eigenvalue weighted by Gasteiger charge is 2.21. The third kappa shape index (κ3) is 3.45. The number of benzene rings is 1. The van der Waals surface area contributed by atoms with Crippen molar-refractivity contribution in [2.75, 3.05) is 7.11 Å². The van der Waals surface area contributed by atoms with Crippen LogP contribution in [0.15, 0.2) is 29.8 Å². The van der Waals surface area contributed by atoms with Crippen molar-refractivity contribution in [1.29, 1.82) is 5.26 Å². The average molecular weight is 257 g/mol. The van der Waals surface area contributed by atoms with Gasteiger partial charge in [-0.3, -0.25) is 0 Å². The van der Waals surface area contributed by atoms with Gasteiger partial charge in [0.15, 0.2) is 0 Å². The first-order chi connectivity index (χ1) is 8.81. The fourth-order valence-electron chi connectivity index (χ4n) is 2.16. The number of ether oxygens (including phenoxy) is 1. The molecule has 0 aromatic heterocycles. The van der Waals surface area contributed by atoms with E-state index in [9.17, 15) is 4.79 Å². The molecule has 0 atom stereocenters. The quantitative estimate of drug-likeness (QED) is 0.598. The van der Waals surface area contributed by atoms with E-state index >= 15 is 0 Å². The lowest BCUT2D eigenvalue weighted by Gasteiger charge is -2.24. The van der Waals surface area contributed by atoms with Crippen LogP contribution in [0, 0.1) is 16.7 Å². The molecule has 0 aliphatic rings. The van der Waals surface area contributed by atoms with Crippen molar-refractivity contribution in [2.24, 2.45) is 5.41 Å². The van der Waals surface area contributed by atoms with Gasteiger partial charge in [-0.2, -0.15) is 5.26 Å². The average Bonchev–Trinajstić information content (AvgIpc) is 2.37. The molecular formula is C16H19NO2. The number of carbonyl (C=O) groups is 1. The van der Waals surface area contributed by atoms with Gasteiger partial charge in [-0.25, -0.2) is 4.79 Å². The van der Waals surface area contributed by atoms with Crippen molar-refractivity contribution in [1.82, 2.24) is 0 Å². The van der Waals surface area contributed by atoms with Gasteiger partial charge in [-0.05, 0) is 35.6 Å². The van der Waals surface area contributed by atoms with Crippen LogP contribution in [0.3, 0.4) is 0 Å². The topological polar surface area (TPSA) is 50.1 Å². The molecule has 1 rings (SSSR count). The van der Waals surface area contributed by atoms with Crippen LogP contribution >= 0.6 is 0 Å². The summed E-state index contributed by atoms with van der Waals surface area (Å²) in [7, 11) is 1.36. The van der Waals surface area contributed by atoms with Gasteiger partial charge in [0, 0.05) is 5.57 Å². The smallest absolute Gasteiger partial charge is 0.337 e. The standard InChI is InChI=1S/C16H19NO2/c1-11(10-17)14(16(2,3)4)12-6-8-13(9-7-12)15(18)19-5/h6-9H,1-5H3/b14-11-. The lowest BCUT2D eigenvalue weighted by molar-refractivity contribution is 0.0600. The van der Waals surface area contributed by atoms with Gasteiger partial charge in [0.05, 0.1) is 18.7 Å². The second-order valence-corrected chi connectivity index (χ2v) is 5.43. The van der Waals surface area contributed by atoms with Gasteiger partial charge >= 0.3 is 5.97 Å². The van der Waals surface area contributed by atoms with Gasteiger partial charge in [0.1, 0.15) is 0 Å². The molecule has 0 bridgehead atoms. The first-order valence-electron chi connectivity index (χ1n) is 6.11. The zero-order valence-electron chi connectivity index (χ0n) is 12.1. The maximum absolute atomic E-state index is 11.4. The van der Waals surface area contributed by atoms with Crippen molar-refractivity contribution in [3.05, 3.63) is 41.0 Å². The Hall–Kier alpha value is -2.08. The van der Waals surface area contributed by atoms with Crippen molar-refractivity contribution in [2.45, 2.75) is 27.7 Å². The van der Waals surface area contributed by atoms with Crippen molar-refractivity contribution in [3.8, 4) is 6.07 Å². The number of hydrogen-bond acceptors (Lipinski definition) is 3. The van der Waals surface area contributed by atoms with Gasteiger partial charge in [-0.15, -0.1) is 0 Å². The summed E-state index contributed by atoms with van der Waals surface area (Å²) >= 11 is 0. The molecule has 3 heteroatoms. The lowest BCUT2D eigenvalue weighted by atomic mass is 9.79. The molecule has 0 aliphatic heterocycles. The molecule has 0 N–H and O–H groups in total. The SMILES string of the molecule is COC(=O)c1ccc(/C(=C(\C)C#N)C(C)(C)C)cc1. The highest BCUT2D eigenvalue weighted by molar-refractivity contribution is 5.90. The summed E-state index contributed by atoms with van der Waals surface area (Å²) in [4.78, 5) is 11.4. The van der Waals surface area contributed by atoms with Gasteiger partial charge in [0.25, 0.3) is 0 Å². The van der Waals surface area contributed by atoms with E-state index in [1.54, 1.807) is 12.1 Å². The van der Waals surface area contributed by atoms with E-state index in [1.807, 2.05) is 19.1 Å². The van der Waals surface area contributed by atoms with E-state index < -0.39 is 0 Å². The predicted octanol–water partition coefficient (Wildman–Crippen LogP) is 3.82. The molecule has 0 aliphatic carbocycles. The number of rotatable bonds is 2.